The van der Waals surface area contributed by atoms with Crippen molar-refractivity contribution in [2.45, 2.75) is 39.8 Å². The van der Waals surface area contributed by atoms with Crippen LogP contribution < -0.4 is 9.62 Å². The quantitative estimate of drug-likeness (QED) is 0.574. The molecule has 9 heteroatoms. The van der Waals surface area contributed by atoms with Gasteiger partial charge in [0.05, 0.1) is 18.5 Å². The molecular weight excluding hydrogens is 416 g/mol. The largest absolute Gasteiger partial charge is 0.345 e. The van der Waals surface area contributed by atoms with E-state index in [1.54, 1.807) is 19.1 Å². The van der Waals surface area contributed by atoms with Crippen LogP contribution in [-0.4, -0.2) is 36.8 Å². The summed E-state index contributed by atoms with van der Waals surface area (Å²) in [7, 11) is -3.68. The Balaban J connectivity index is 1.74. The van der Waals surface area contributed by atoms with Gasteiger partial charge in [-0.3, -0.25) is 9.10 Å². The van der Waals surface area contributed by atoms with Crippen molar-refractivity contribution in [3.8, 4) is 11.4 Å². The fourth-order valence-electron chi connectivity index (χ4n) is 3.18. The number of hydrogen-bond acceptors (Lipinski definition) is 6. The van der Waals surface area contributed by atoms with E-state index in [0.717, 1.165) is 27.3 Å². The molecule has 1 atom stereocenters. The SMILES string of the molecule is CC[C@@H](C(=O)NCc1nc(-c2ccc(C)cc2)no1)N(c1ccc(C)cc1)S(C)(=O)=O. The number of rotatable bonds is 8. The van der Waals surface area contributed by atoms with E-state index < -0.39 is 22.0 Å². The van der Waals surface area contributed by atoms with Gasteiger partial charge in [-0.25, -0.2) is 8.42 Å². The second-order valence-electron chi connectivity index (χ2n) is 7.41. The van der Waals surface area contributed by atoms with Gasteiger partial charge in [-0.2, -0.15) is 4.98 Å². The van der Waals surface area contributed by atoms with Gasteiger partial charge in [0.15, 0.2) is 0 Å². The third kappa shape index (κ3) is 5.49. The predicted molar refractivity (Wildman–Crippen MR) is 119 cm³/mol. The van der Waals surface area contributed by atoms with Gasteiger partial charge in [0.2, 0.25) is 27.6 Å². The molecule has 3 aromatic rings. The molecule has 0 fully saturated rings. The molecule has 0 spiro atoms. The van der Waals surface area contributed by atoms with Crippen LogP contribution in [-0.2, 0) is 21.4 Å². The summed E-state index contributed by atoms with van der Waals surface area (Å²) in [6.07, 6.45) is 1.39. The van der Waals surface area contributed by atoms with E-state index in [1.807, 2.05) is 50.2 Å². The van der Waals surface area contributed by atoms with E-state index in [1.165, 1.54) is 0 Å². The van der Waals surface area contributed by atoms with Crippen molar-refractivity contribution in [1.29, 1.82) is 0 Å². The number of carbonyl (C=O) groups is 1. The molecule has 1 heterocycles. The van der Waals surface area contributed by atoms with Gasteiger partial charge < -0.3 is 9.84 Å². The highest BCUT2D eigenvalue weighted by atomic mass is 32.2. The number of aromatic nitrogens is 2. The van der Waals surface area contributed by atoms with E-state index in [4.69, 9.17) is 4.52 Å². The van der Waals surface area contributed by atoms with E-state index in [-0.39, 0.29) is 12.4 Å². The molecule has 0 bridgehead atoms. The number of nitrogens with zero attached hydrogens (tertiary/aromatic N) is 3. The first-order valence-electron chi connectivity index (χ1n) is 9.92. The molecule has 8 nitrogen and oxygen atoms in total. The number of hydrogen-bond donors (Lipinski definition) is 1. The van der Waals surface area contributed by atoms with Crippen molar-refractivity contribution in [2.75, 3.05) is 10.6 Å². The summed E-state index contributed by atoms with van der Waals surface area (Å²) in [5.41, 5.74) is 3.36. The van der Waals surface area contributed by atoms with E-state index in [0.29, 0.717) is 17.9 Å². The number of amides is 1. The number of anilines is 1. The molecule has 0 saturated heterocycles. The smallest absolute Gasteiger partial charge is 0.246 e. The summed E-state index contributed by atoms with van der Waals surface area (Å²) in [6.45, 7) is 5.66. The Morgan fingerprint density at radius 2 is 1.65 bits per heavy atom. The highest BCUT2D eigenvalue weighted by Gasteiger charge is 2.31. The summed E-state index contributed by atoms with van der Waals surface area (Å²) < 4.78 is 31.3. The fourth-order valence-corrected chi connectivity index (χ4v) is 4.39. The molecule has 164 valence electrons. The maximum atomic E-state index is 12.9. The normalized spacial score (nSPS) is 12.4. The fraction of sp³-hybridized carbons (Fsp3) is 0.318. The Kier molecular flexibility index (Phi) is 6.74. The molecule has 0 saturated carbocycles. The van der Waals surface area contributed by atoms with E-state index in [2.05, 4.69) is 15.5 Å². The van der Waals surface area contributed by atoms with Crippen molar-refractivity contribution in [3.63, 3.8) is 0 Å². The standard InChI is InChI=1S/C22H26N4O4S/c1-5-19(26(31(4,28)29)18-12-8-16(3)9-13-18)22(27)23-14-20-24-21(25-30-20)17-10-6-15(2)7-11-17/h6-13,19H,5,14H2,1-4H3,(H,23,27)/t19-/m0/s1. The average molecular weight is 443 g/mol. The van der Waals surface area contributed by atoms with Crippen molar-refractivity contribution < 1.29 is 17.7 Å². The molecule has 1 N–H and O–H groups in total. The predicted octanol–water partition coefficient (Wildman–Crippen LogP) is 3.21. The number of sulfonamides is 1. The molecule has 1 aromatic heterocycles. The maximum absolute atomic E-state index is 12.9. The van der Waals surface area contributed by atoms with Crippen LogP contribution in [0.2, 0.25) is 0 Å². The third-order valence-electron chi connectivity index (χ3n) is 4.81. The number of carbonyl (C=O) groups excluding carboxylic acids is 1. The molecule has 3 rings (SSSR count). The Hall–Kier alpha value is -3.20. The van der Waals surface area contributed by atoms with E-state index >= 15 is 0 Å². The van der Waals surface area contributed by atoms with Crippen LogP contribution in [0.3, 0.4) is 0 Å². The van der Waals surface area contributed by atoms with Crippen LogP contribution in [0.15, 0.2) is 53.1 Å². The minimum Gasteiger partial charge on any atom is -0.345 e. The van der Waals surface area contributed by atoms with Gasteiger partial charge in [-0.15, -0.1) is 0 Å². The first kappa shape index (κ1) is 22.5. The molecule has 0 aliphatic rings. The average Bonchev–Trinajstić information content (AvgIpc) is 3.20. The first-order chi connectivity index (χ1) is 14.7. The zero-order chi connectivity index (χ0) is 22.6. The summed E-state index contributed by atoms with van der Waals surface area (Å²) >= 11 is 0. The Morgan fingerprint density at radius 1 is 1.06 bits per heavy atom. The molecule has 0 unspecified atom stereocenters. The summed E-state index contributed by atoms with van der Waals surface area (Å²) in [4.78, 5) is 17.2. The van der Waals surface area contributed by atoms with Gasteiger partial charge in [0.25, 0.3) is 0 Å². The third-order valence-corrected chi connectivity index (χ3v) is 5.99. The highest BCUT2D eigenvalue weighted by Crippen LogP contribution is 2.23. The van der Waals surface area contributed by atoms with E-state index in [9.17, 15) is 13.2 Å². The van der Waals surface area contributed by atoms with Gasteiger partial charge in [0.1, 0.15) is 6.04 Å². The lowest BCUT2D eigenvalue weighted by Gasteiger charge is -2.30. The molecule has 2 aromatic carbocycles. The second kappa shape index (κ2) is 9.30. The monoisotopic (exact) mass is 442 g/mol. The van der Waals surface area contributed by atoms with Crippen LogP contribution in [0.4, 0.5) is 5.69 Å². The van der Waals surface area contributed by atoms with Gasteiger partial charge in [-0.05, 0) is 32.4 Å². The number of aryl methyl sites for hydroxylation is 2. The minimum atomic E-state index is -3.68. The van der Waals surface area contributed by atoms with Crippen LogP contribution in [0.25, 0.3) is 11.4 Å². The number of nitrogens with one attached hydrogen (secondary N) is 1. The van der Waals surface area contributed by atoms with Crippen molar-refractivity contribution in [1.82, 2.24) is 15.5 Å². The van der Waals surface area contributed by atoms with Crippen LogP contribution in [0.5, 0.6) is 0 Å². The van der Waals surface area contributed by atoms with Gasteiger partial charge in [0, 0.05) is 5.56 Å². The molecule has 0 radical (unpaired) electrons. The lowest BCUT2D eigenvalue weighted by molar-refractivity contribution is -0.122. The van der Waals surface area contributed by atoms with Gasteiger partial charge >= 0.3 is 0 Å². The lowest BCUT2D eigenvalue weighted by atomic mass is 10.1. The first-order valence-corrected chi connectivity index (χ1v) is 11.8. The molecule has 0 aliphatic carbocycles. The molecule has 31 heavy (non-hydrogen) atoms. The van der Waals surface area contributed by atoms with Crippen LogP contribution in [0.1, 0.15) is 30.4 Å². The zero-order valence-electron chi connectivity index (χ0n) is 18.0. The minimum absolute atomic E-state index is 0.000303. The number of benzene rings is 2. The Morgan fingerprint density at radius 3 is 2.19 bits per heavy atom. The van der Waals surface area contributed by atoms with Gasteiger partial charge in [-0.1, -0.05) is 59.6 Å². The Bertz CT molecular complexity index is 1140. The maximum Gasteiger partial charge on any atom is 0.246 e. The zero-order valence-corrected chi connectivity index (χ0v) is 18.8. The Labute approximate surface area is 182 Å². The molecule has 0 aliphatic heterocycles. The highest BCUT2D eigenvalue weighted by molar-refractivity contribution is 7.92. The topological polar surface area (TPSA) is 105 Å². The van der Waals surface area contributed by atoms with Crippen molar-refractivity contribution in [2.24, 2.45) is 0 Å². The summed E-state index contributed by atoms with van der Waals surface area (Å²) in [5.74, 6) is 0.220. The van der Waals surface area contributed by atoms with Crippen LogP contribution in [0, 0.1) is 13.8 Å². The van der Waals surface area contributed by atoms with Crippen molar-refractivity contribution in [3.05, 3.63) is 65.5 Å². The summed E-state index contributed by atoms with van der Waals surface area (Å²) in [5, 5.41) is 6.66. The lowest BCUT2D eigenvalue weighted by Crippen LogP contribution is -2.49. The second-order valence-corrected chi connectivity index (χ2v) is 9.27. The summed E-state index contributed by atoms with van der Waals surface area (Å²) in [6, 6.07) is 13.8. The molecule has 1 amide bonds. The van der Waals surface area contributed by atoms with Crippen LogP contribution >= 0.6 is 0 Å². The molecular formula is C22H26N4O4S. The van der Waals surface area contributed by atoms with Crippen molar-refractivity contribution >= 4 is 21.6 Å².